The Morgan fingerprint density at radius 1 is 1.18 bits per heavy atom. The molecule has 0 amide bonds. The van der Waals surface area contributed by atoms with Gasteiger partial charge in [-0.15, -0.1) is 0 Å². The van der Waals surface area contributed by atoms with Crippen LogP contribution in [0.5, 0.6) is 0 Å². The molecule has 1 unspecified atom stereocenters. The first kappa shape index (κ1) is 10.8. The van der Waals surface area contributed by atoms with Crippen molar-refractivity contribution in [2.24, 2.45) is 5.73 Å². The number of hydrogen-bond donors (Lipinski definition) is 4. The predicted molar refractivity (Wildman–Crippen MR) is 40.8 cm³/mol. The molecule has 0 aromatic rings. The average molecular weight is 164 g/mol. The van der Waals surface area contributed by atoms with Crippen LogP contribution in [0.15, 0.2) is 0 Å². The van der Waals surface area contributed by atoms with Crippen LogP contribution in [0.2, 0.25) is 0 Å². The lowest BCUT2D eigenvalue weighted by molar-refractivity contribution is -0.00735. The zero-order valence-electron chi connectivity index (χ0n) is 6.48. The third-order valence-electron chi connectivity index (χ3n) is 1.41. The second-order valence-electron chi connectivity index (χ2n) is 2.20. The zero-order valence-corrected chi connectivity index (χ0v) is 6.48. The van der Waals surface area contributed by atoms with E-state index in [1.165, 1.54) is 4.90 Å². The standard InChI is InChI=1S/C6H16N2O3/c7-5-6(11)8(1-3-9)2-4-10/h6,9-11H,1-5,7H2. The molecule has 0 radical (unpaired) electrons. The van der Waals surface area contributed by atoms with Crippen LogP contribution in [0.25, 0.3) is 0 Å². The van der Waals surface area contributed by atoms with Crippen LogP contribution in [-0.4, -0.2) is 59.3 Å². The summed E-state index contributed by atoms with van der Waals surface area (Å²) in [4.78, 5) is 1.51. The molecular weight excluding hydrogens is 148 g/mol. The lowest BCUT2D eigenvalue weighted by Gasteiger charge is -2.24. The molecule has 0 bridgehead atoms. The fourth-order valence-electron chi connectivity index (χ4n) is 0.816. The lowest BCUT2D eigenvalue weighted by Crippen LogP contribution is -2.43. The molecule has 68 valence electrons. The molecule has 5 N–H and O–H groups in total. The Hall–Kier alpha value is -0.200. The normalized spacial score (nSPS) is 13.9. The minimum Gasteiger partial charge on any atom is -0.395 e. The number of aliphatic hydroxyl groups excluding tert-OH is 3. The Balaban J connectivity index is 3.66. The molecule has 11 heavy (non-hydrogen) atoms. The van der Waals surface area contributed by atoms with Crippen LogP contribution >= 0.6 is 0 Å². The summed E-state index contributed by atoms with van der Waals surface area (Å²) in [6, 6.07) is 0. The fourth-order valence-corrected chi connectivity index (χ4v) is 0.816. The van der Waals surface area contributed by atoms with Gasteiger partial charge in [-0.1, -0.05) is 0 Å². The Morgan fingerprint density at radius 3 is 1.91 bits per heavy atom. The van der Waals surface area contributed by atoms with Gasteiger partial charge in [-0.25, -0.2) is 0 Å². The van der Waals surface area contributed by atoms with E-state index in [0.717, 1.165) is 0 Å². The highest BCUT2D eigenvalue weighted by Crippen LogP contribution is 1.92. The van der Waals surface area contributed by atoms with Gasteiger partial charge in [0, 0.05) is 19.6 Å². The van der Waals surface area contributed by atoms with Gasteiger partial charge in [-0.3, -0.25) is 4.90 Å². The fraction of sp³-hybridized carbons (Fsp3) is 1.00. The summed E-state index contributed by atoms with van der Waals surface area (Å²) in [5.41, 5.74) is 5.18. The van der Waals surface area contributed by atoms with Crippen LogP contribution in [0.4, 0.5) is 0 Å². The van der Waals surface area contributed by atoms with Gasteiger partial charge in [-0.05, 0) is 0 Å². The highest BCUT2D eigenvalue weighted by atomic mass is 16.3. The van der Waals surface area contributed by atoms with Crippen molar-refractivity contribution >= 4 is 0 Å². The molecule has 0 aliphatic carbocycles. The zero-order chi connectivity index (χ0) is 8.69. The third-order valence-corrected chi connectivity index (χ3v) is 1.41. The summed E-state index contributed by atoms with van der Waals surface area (Å²) in [5, 5.41) is 26.2. The van der Waals surface area contributed by atoms with Crippen molar-refractivity contribution in [1.29, 1.82) is 0 Å². The molecule has 1 atom stereocenters. The maximum atomic E-state index is 9.16. The number of nitrogens with two attached hydrogens (primary N) is 1. The van der Waals surface area contributed by atoms with E-state index >= 15 is 0 Å². The molecule has 5 heteroatoms. The Bertz CT molecular complexity index is 85.9. The summed E-state index contributed by atoms with van der Waals surface area (Å²) in [5.74, 6) is 0. The van der Waals surface area contributed by atoms with Crippen LogP contribution in [0.3, 0.4) is 0 Å². The first-order valence-electron chi connectivity index (χ1n) is 3.60. The minimum atomic E-state index is -0.769. The van der Waals surface area contributed by atoms with Crippen molar-refractivity contribution < 1.29 is 15.3 Å². The molecule has 0 saturated heterocycles. The molecule has 0 aromatic heterocycles. The second kappa shape index (κ2) is 6.51. The molecule has 0 aliphatic rings. The first-order chi connectivity index (χ1) is 5.26. The first-order valence-corrected chi connectivity index (χ1v) is 3.60. The number of rotatable bonds is 6. The predicted octanol–water partition coefficient (Wildman–Crippen LogP) is -2.45. The highest BCUT2D eigenvalue weighted by Gasteiger charge is 2.11. The molecular formula is C6H16N2O3. The third kappa shape index (κ3) is 4.28. The SMILES string of the molecule is NCC(O)N(CCO)CCO. The van der Waals surface area contributed by atoms with Gasteiger partial charge in [0.05, 0.1) is 13.2 Å². The average Bonchev–Trinajstić information content (AvgIpc) is 2.03. The number of aliphatic hydroxyl groups is 3. The van der Waals surface area contributed by atoms with Gasteiger partial charge in [0.15, 0.2) is 0 Å². The maximum Gasteiger partial charge on any atom is 0.119 e. The molecule has 0 rings (SSSR count). The van der Waals surface area contributed by atoms with E-state index in [2.05, 4.69) is 0 Å². The molecule has 0 heterocycles. The van der Waals surface area contributed by atoms with Gasteiger partial charge in [0.25, 0.3) is 0 Å². The van der Waals surface area contributed by atoms with E-state index in [4.69, 9.17) is 21.1 Å². The van der Waals surface area contributed by atoms with Crippen molar-refractivity contribution in [2.75, 3.05) is 32.8 Å². The summed E-state index contributed by atoms with van der Waals surface area (Å²) in [7, 11) is 0. The summed E-state index contributed by atoms with van der Waals surface area (Å²) < 4.78 is 0. The Labute approximate surface area is 66.0 Å². The van der Waals surface area contributed by atoms with E-state index in [0.29, 0.717) is 13.1 Å². The Morgan fingerprint density at radius 2 is 1.64 bits per heavy atom. The van der Waals surface area contributed by atoms with Crippen LogP contribution in [0.1, 0.15) is 0 Å². The van der Waals surface area contributed by atoms with Crippen molar-refractivity contribution in [3.05, 3.63) is 0 Å². The van der Waals surface area contributed by atoms with E-state index in [9.17, 15) is 0 Å². The second-order valence-corrected chi connectivity index (χ2v) is 2.20. The lowest BCUT2D eigenvalue weighted by atomic mass is 10.4. The van der Waals surface area contributed by atoms with Gasteiger partial charge < -0.3 is 21.1 Å². The van der Waals surface area contributed by atoms with E-state index < -0.39 is 6.23 Å². The van der Waals surface area contributed by atoms with Crippen molar-refractivity contribution in [3.63, 3.8) is 0 Å². The van der Waals surface area contributed by atoms with Crippen LogP contribution < -0.4 is 5.73 Å². The van der Waals surface area contributed by atoms with Crippen LogP contribution in [-0.2, 0) is 0 Å². The van der Waals surface area contributed by atoms with Gasteiger partial charge in [0.1, 0.15) is 6.23 Å². The van der Waals surface area contributed by atoms with Crippen LogP contribution in [0, 0.1) is 0 Å². The van der Waals surface area contributed by atoms with Gasteiger partial charge in [-0.2, -0.15) is 0 Å². The summed E-state index contributed by atoms with van der Waals surface area (Å²) in [6.07, 6.45) is -0.769. The molecule has 0 aromatic carbocycles. The Kier molecular flexibility index (Phi) is 6.39. The molecule has 5 nitrogen and oxygen atoms in total. The highest BCUT2D eigenvalue weighted by molar-refractivity contribution is 4.60. The van der Waals surface area contributed by atoms with Gasteiger partial charge >= 0.3 is 0 Å². The quantitative estimate of drug-likeness (QED) is 0.327. The maximum absolute atomic E-state index is 9.16. The molecule has 0 aliphatic heterocycles. The van der Waals surface area contributed by atoms with Crippen molar-refractivity contribution in [3.8, 4) is 0 Å². The monoisotopic (exact) mass is 164 g/mol. The summed E-state index contributed by atoms with van der Waals surface area (Å²) in [6.45, 7) is 0.686. The summed E-state index contributed by atoms with van der Waals surface area (Å²) >= 11 is 0. The number of hydrogen-bond acceptors (Lipinski definition) is 5. The van der Waals surface area contributed by atoms with Crippen molar-refractivity contribution in [2.45, 2.75) is 6.23 Å². The largest absolute Gasteiger partial charge is 0.395 e. The smallest absolute Gasteiger partial charge is 0.119 e. The molecule has 0 fully saturated rings. The number of nitrogens with zero attached hydrogens (tertiary/aromatic N) is 1. The topological polar surface area (TPSA) is 90.0 Å². The van der Waals surface area contributed by atoms with Crippen molar-refractivity contribution in [1.82, 2.24) is 4.90 Å². The molecule has 0 spiro atoms. The van der Waals surface area contributed by atoms with E-state index in [-0.39, 0.29) is 19.8 Å². The van der Waals surface area contributed by atoms with E-state index in [1.54, 1.807) is 0 Å². The minimum absolute atomic E-state index is 0.0446. The van der Waals surface area contributed by atoms with E-state index in [1.807, 2.05) is 0 Å². The molecule has 0 saturated carbocycles. The van der Waals surface area contributed by atoms with Gasteiger partial charge in [0.2, 0.25) is 0 Å².